The Morgan fingerprint density at radius 1 is 1.75 bits per heavy atom. The monoisotopic (exact) mass is 163 g/mol. The Hall–Kier alpha value is -1.60. The second-order valence-electron chi connectivity index (χ2n) is 2.43. The molecule has 3 N–H and O–H groups in total. The summed E-state index contributed by atoms with van der Waals surface area (Å²) in [4.78, 5) is 13.9. The first-order chi connectivity index (χ1) is 5.75. The van der Waals surface area contributed by atoms with Gasteiger partial charge >= 0.3 is 0 Å². The maximum atomic E-state index is 11.1. The van der Waals surface area contributed by atoms with Crippen molar-refractivity contribution in [1.29, 1.82) is 5.26 Å². The van der Waals surface area contributed by atoms with Gasteiger partial charge in [-0.25, -0.2) is 0 Å². The molecule has 12 heavy (non-hydrogen) atoms. The number of nitriles is 1. The molecule has 0 radical (unpaired) electrons. The van der Waals surface area contributed by atoms with Gasteiger partial charge in [0.05, 0.1) is 12.5 Å². The van der Waals surface area contributed by atoms with E-state index < -0.39 is 6.04 Å². The van der Waals surface area contributed by atoms with Crippen molar-refractivity contribution in [3.8, 4) is 6.07 Å². The molecule has 1 heterocycles. The molecule has 0 spiro atoms. The first-order valence-corrected chi connectivity index (χ1v) is 3.55. The molecule has 0 saturated heterocycles. The fourth-order valence-corrected chi connectivity index (χ4v) is 0.927. The lowest BCUT2D eigenvalue weighted by Crippen LogP contribution is -2.18. The van der Waals surface area contributed by atoms with E-state index in [2.05, 4.69) is 4.98 Å². The molecule has 1 rings (SSSR count). The van der Waals surface area contributed by atoms with Crippen LogP contribution in [-0.2, 0) is 0 Å². The van der Waals surface area contributed by atoms with Gasteiger partial charge in [-0.1, -0.05) is 0 Å². The highest BCUT2D eigenvalue weighted by Gasteiger charge is 2.07. The van der Waals surface area contributed by atoms with Crippen LogP contribution in [0.4, 0.5) is 0 Å². The van der Waals surface area contributed by atoms with Crippen LogP contribution in [0.5, 0.6) is 0 Å². The van der Waals surface area contributed by atoms with E-state index in [4.69, 9.17) is 11.0 Å². The van der Waals surface area contributed by atoms with E-state index in [1.54, 1.807) is 0 Å². The van der Waals surface area contributed by atoms with Crippen LogP contribution in [0.1, 0.15) is 18.0 Å². The SMILES string of the molecule is N#CC[C@H](N)c1c[nH]ccc1=O. The van der Waals surface area contributed by atoms with E-state index in [-0.39, 0.29) is 11.8 Å². The summed E-state index contributed by atoms with van der Waals surface area (Å²) in [6.45, 7) is 0. The zero-order valence-corrected chi connectivity index (χ0v) is 6.45. The van der Waals surface area contributed by atoms with Crippen LogP contribution in [0.25, 0.3) is 0 Å². The molecule has 0 amide bonds. The van der Waals surface area contributed by atoms with Crippen molar-refractivity contribution in [2.45, 2.75) is 12.5 Å². The Balaban J connectivity index is 2.97. The molecule has 0 saturated carbocycles. The van der Waals surface area contributed by atoms with Gasteiger partial charge in [-0.15, -0.1) is 0 Å². The highest BCUT2D eigenvalue weighted by molar-refractivity contribution is 5.14. The minimum atomic E-state index is -0.486. The predicted molar refractivity (Wildman–Crippen MR) is 44.2 cm³/mol. The smallest absolute Gasteiger partial charge is 0.186 e. The number of aromatic amines is 1. The van der Waals surface area contributed by atoms with Gasteiger partial charge in [-0.3, -0.25) is 4.79 Å². The van der Waals surface area contributed by atoms with Gasteiger partial charge in [0.1, 0.15) is 0 Å². The topological polar surface area (TPSA) is 82.7 Å². The van der Waals surface area contributed by atoms with Crippen molar-refractivity contribution in [3.05, 3.63) is 34.2 Å². The number of nitrogens with zero attached hydrogens (tertiary/aromatic N) is 1. The summed E-state index contributed by atoms with van der Waals surface area (Å²) in [5.74, 6) is 0. The van der Waals surface area contributed by atoms with Gasteiger partial charge in [0.15, 0.2) is 5.43 Å². The number of pyridine rings is 1. The number of rotatable bonds is 2. The highest BCUT2D eigenvalue weighted by Crippen LogP contribution is 2.05. The minimum absolute atomic E-state index is 0.128. The number of hydrogen-bond donors (Lipinski definition) is 2. The lowest BCUT2D eigenvalue weighted by atomic mass is 10.1. The van der Waals surface area contributed by atoms with E-state index in [1.807, 2.05) is 6.07 Å². The third kappa shape index (κ3) is 1.71. The van der Waals surface area contributed by atoms with Crippen LogP contribution >= 0.6 is 0 Å². The van der Waals surface area contributed by atoms with Crippen molar-refractivity contribution in [3.63, 3.8) is 0 Å². The summed E-state index contributed by atoms with van der Waals surface area (Å²) in [7, 11) is 0. The quantitative estimate of drug-likeness (QED) is 0.657. The molecule has 1 atom stereocenters. The normalized spacial score (nSPS) is 12.0. The van der Waals surface area contributed by atoms with Gasteiger partial charge in [0.2, 0.25) is 0 Å². The van der Waals surface area contributed by atoms with Crippen LogP contribution in [0.15, 0.2) is 23.3 Å². The Morgan fingerprint density at radius 3 is 3.08 bits per heavy atom. The Labute approximate surface area is 69.6 Å². The molecule has 0 aliphatic rings. The standard InChI is InChI=1S/C8H9N3O/c9-3-1-7(10)6-5-11-4-2-8(6)12/h2,4-5,7H,1,10H2,(H,11,12)/t7-/m0/s1. The molecule has 0 bridgehead atoms. The van der Waals surface area contributed by atoms with Gasteiger partial charge < -0.3 is 10.7 Å². The molecular weight excluding hydrogens is 154 g/mol. The summed E-state index contributed by atoms with van der Waals surface area (Å²) >= 11 is 0. The largest absolute Gasteiger partial charge is 0.367 e. The first-order valence-electron chi connectivity index (χ1n) is 3.55. The molecule has 1 aromatic rings. The number of aromatic nitrogens is 1. The van der Waals surface area contributed by atoms with Gasteiger partial charge in [-0.05, 0) is 0 Å². The minimum Gasteiger partial charge on any atom is -0.367 e. The lowest BCUT2D eigenvalue weighted by Gasteiger charge is -2.04. The second kappa shape index (κ2) is 3.69. The molecular formula is C8H9N3O. The molecule has 62 valence electrons. The van der Waals surface area contributed by atoms with Crippen molar-refractivity contribution < 1.29 is 0 Å². The van der Waals surface area contributed by atoms with E-state index in [1.165, 1.54) is 18.5 Å². The Morgan fingerprint density at radius 2 is 2.50 bits per heavy atom. The van der Waals surface area contributed by atoms with Gasteiger partial charge in [0.25, 0.3) is 0 Å². The molecule has 4 nitrogen and oxygen atoms in total. The zero-order chi connectivity index (χ0) is 8.97. The summed E-state index contributed by atoms with van der Waals surface area (Å²) in [5, 5.41) is 8.35. The summed E-state index contributed by atoms with van der Waals surface area (Å²) in [5.41, 5.74) is 5.89. The van der Waals surface area contributed by atoms with Gasteiger partial charge in [-0.2, -0.15) is 5.26 Å². The highest BCUT2D eigenvalue weighted by atomic mass is 16.1. The summed E-state index contributed by atoms with van der Waals surface area (Å²) in [6.07, 6.45) is 3.22. The molecule has 0 unspecified atom stereocenters. The van der Waals surface area contributed by atoms with Crippen LogP contribution in [-0.4, -0.2) is 4.98 Å². The van der Waals surface area contributed by atoms with Crippen molar-refractivity contribution in [2.75, 3.05) is 0 Å². The molecule has 0 aliphatic carbocycles. The number of nitrogens with two attached hydrogens (primary N) is 1. The van der Waals surface area contributed by atoms with Crippen molar-refractivity contribution in [2.24, 2.45) is 5.73 Å². The van der Waals surface area contributed by atoms with Crippen LogP contribution < -0.4 is 11.2 Å². The summed E-state index contributed by atoms with van der Waals surface area (Å²) in [6, 6.07) is 2.82. The maximum absolute atomic E-state index is 11.1. The van der Waals surface area contributed by atoms with E-state index in [9.17, 15) is 4.79 Å². The molecule has 1 aromatic heterocycles. The molecule has 0 fully saturated rings. The first kappa shape index (κ1) is 8.50. The fourth-order valence-electron chi connectivity index (χ4n) is 0.927. The number of hydrogen-bond acceptors (Lipinski definition) is 3. The summed E-state index contributed by atoms with van der Waals surface area (Å²) < 4.78 is 0. The lowest BCUT2D eigenvalue weighted by molar-refractivity contribution is 0.737. The molecule has 0 aromatic carbocycles. The van der Waals surface area contributed by atoms with Crippen molar-refractivity contribution in [1.82, 2.24) is 4.98 Å². The predicted octanol–water partition coefficient (Wildman–Crippen LogP) is 0.288. The van der Waals surface area contributed by atoms with Crippen LogP contribution in [0, 0.1) is 11.3 Å². The third-order valence-electron chi connectivity index (χ3n) is 1.56. The van der Waals surface area contributed by atoms with E-state index in [0.717, 1.165) is 0 Å². The van der Waals surface area contributed by atoms with E-state index in [0.29, 0.717) is 5.56 Å². The number of H-pyrrole nitrogens is 1. The molecule has 0 aliphatic heterocycles. The zero-order valence-electron chi connectivity index (χ0n) is 6.45. The van der Waals surface area contributed by atoms with Crippen molar-refractivity contribution >= 4 is 0 Å². The second-order valence-corrected chi connectivity index (χ2v) is 2.43. The average molecular weight is 163 g/mol. The van der Waals surface area contributed by atoms with Crippen LogP contribution in [0.3, 0.4) is 0 Å². The third-order valence-corrected chi connectivity index (χ3v) is 1.56. The van der Waals surface area contributed by atoms with Crippen LogP contribution in [0.2, 0.25) is 0 Å². The molecule has 4 heteroatoms. The Bertz CT molecular complexity index is 350. The van der Waals surface area contributed by atoms with E-state index >= 15 is 0 Å². The fraction of sp³-hybridized carbons (Fsp3) is 0.250. The Kier molecular flexibility index (Phi) is 2.62. The average Bonchev–Trinajstić information content (AvgIpc) is 2.05. The number of nitrogens with one attached hydrogen (secondary N) is 1. The maximum Gasteiger partial charge on any atom is 0.186 e. The van der Waals surface area contributed by atoms with Gasteiger partial charge in [0, 0.05) is 30.1 Å².